The maximum Gasteiger partial charge on any atom is 0.253 e. The molecule has 0 saturated carbocycles. The Kier molecular flexibility index (Phi) is 5.55. The molecule has 0 aliphatic carbocycles. The van der Waals surface area contributed by atoms with Gasteiger partial charge in [0.05, 0.1) is 17.2 Å². The first-order chi connectivity index (χ1) is 10.5. The van der Waals surface area contributed by atoms with Crippen LogP contribution in [0.1, 0.15) is 34.9 Å². The van der Waals surface area contributed by atoms with Crippen LogP contribution in [-0.4, -0.2) is 35.9 Å². The highest BCUT2D eigenvalue weighted by molar-refractivity contribution is 7.09. The van der Waals surface area contributed by atoms with E-state index < -0.39 is 0 Å². The summed E-state index contributed by atoms with van der Waals surface area (Å²) < 4.78 is 0. The third-order valence-electron chi connectivity index (χ3n) is 3.66. The van der Waals surface area contributed by atoms with Gasteiger partial charge in [-0.25, -0.2) is 4.98 Å². The number of benzene rings is 1. The Labute approximate surface area is 136 Å². The van der Waals surface area contributed by atoms with Gasteiger partial charge in [-0.3, -0.25) is 4.79 Å². The molecule has 1 aromatic heterocycles. The Balaban J connectivity index is 2.05. The Morgan fingerprint density at radius 1 is 1.18 bits per heavy atom. The van der Waals surface area contributed by atoms with Crippen LogP contribution >= 0.6 is 11.3 Å². The van der Waals surface area contributed by atoms with Crippen LogP contribution in [0.4, 0.5) is 5.69 Å². The summed E-state index contributed by atoms with van der Waals surface area (Å²) in [6.45, 7) is 8.71. The quantitative estimate of drug-likeness (QED) is 0.817. The lowest BCUT2D eigenvalue weighted by molar-refractivity contribution is 0.0783. The largest absolute Gasteiger partial charge is 0.372 e. The summed E-state index contributed by atoms with van der Waals surface area (Å²) in [6, 6.07) is 7.83. The van der Waals surface area contributed by atoms with Crippen LogP contribution in [0.5, 0.6) is 0 Å². The van der Waals surface area contributed by atoms with Gasteiger partial charge in [0.2, 0.25) is 0 Å². The Bertz CT molecular complexity index is 617. The molecule has 2 rings (SSSR count). The zero-order chi connectivity index (χ0) is 16.1. The number of aryl methyl sites for hydroxylation is 1. The van der Waals surface area contributed by atoms with Gasteiger partial charge in [0.1, 0.15) is 0 Å². The number of carbonyl (C=O) groups excluding carboxylic acids is 1. The molecule has 1 aromatic carbocycles. The van der Waals surface area contributed by atoms with E-state index in [1.165, 1.54) is 0 Å². The average molecular weight is 317 g/mol. The van der Waals surface area contributed by atoms with Crippen LogP contribution in [0.3, 0.4) is 0 Å². The van der Waals surface area contributed by atoms with Crippen molar-refractivity contribution in [1.29, 1.82) is 0 Å². The monoisotopic (exact) mass is 317 g/mol. The van der Waals surface area contributed by atoms with Crippen molar-refractivity contribution in [3.63, 3.8) is 0 Å². The van der Waals surface area contributed by atoms with Crippen molar-refractivity contribution in [2.45, 2.75) is 27.3 Å². The molecule has 0 N–H and O–H groups in total. The van der Waals surface area contributed by atoms with E-state index in [-0.39, 0.29) is 5.91 Å². The van der Waals surface area contributed by atoms with Crippen LogP contribution < -0.4 is 4.90 Å². The second-order valence-corrected chi connectivity index (χ2v) is 6.30. The Morgan fingerprint density at radius 2 is 1.82 bits per heavy atom. The van der Waals surface area contributed by atoms with Gasteiger partial charge in [0.25, 0.3) is 5.91 Å². The van der Waals surface area contributed by atoms with Gasteiger partial charge in [-0.2, -0.15) is 0 Å². The summed E-state index contributed by atoms with van der Waals surface area (Å²) >= 11 is 1.61. The van der Waals surface area contributed by atoms with E-state index in [2.05, 4.69) is 23.7 Å². The number of rotatable bonds is 6. The predicted molar refractivity (Wildman–Crippen MR) is 92.7 cm³/mol. The van der Waals surface area contributed by atoms with Crippen LogP contribution in [-0.2, 0) is 6.54 Å². The first-order valence-corrected chi connectivity index (χ1v) is 8.44. The van der Waals surface area contributed by atoms with Crippen molar-refractivity contribution in [1.82, 2.24) is 9.88 Å². The molecule has 0 bridgehead atoms. The van der Waals surface area contributed by atoms with Gasteiger partial charge < -0.3 is 9.80 Å². The van der Waals surface area contributed by atoms with E-state index >= 15 is 0 Å². The number of nitrogens with zero attached hydrogens (tertiary/aromatic N) is 3. The number of anilines is 1. The second kappa shape index (κ2) is 7.40. The molecule has 22 heavy (non-hydrogen) atoms. The number of aromatic nitrogens is 1. The standard InChI is InChI=1S/C17H23N3OS/c1-5-20(6-2)16-9-7-14(8-10-16)17(21)19(4)11-15-12-22-13(3)18-15/h7-10,12H,5-6,11H2,1-4H3. The van der Waals surface area contributed by atoms with Crippen molar-refractivity contribution in [3.8, 4) is 0 Å². The SMILES string of the molecule is CCN(CC)c1ccc(C(=O)N(C)Cc2csc(C)n2)cc1. The normalized spacial score (nSPS) is 10.5. The molecule has 5 heteroatoms. The molecule has 2 aromatic rings. The lowest BCUT2D eigenvalue weighted by atomic mass is 10.1. The van der Waals surface area contributed by atoms with Gasteiger partial charge in [0.15, 0.2) is 0 Å². The Morgan fingerprint density at radius 3 is 2.32 bits per heavy atom. The maximum atomic E-state index is 12.5. The van der Waals surface area contributed by atoms with Crippen molar-refractivity contribution in [3.05, 3.63) is 45.9 Å². The topological polar surface area (TPSA) is 36.4 Å². The minimum absolute atomic E-state index is 0.0248. The summed E-state index contributed by atoms with van der Waals surface area (Å²) in [5, 5.41) is 3.03. The third-order valence-corrected chi connectivity index (χ3v) is 4.48. The van der Waals surface area contributed by atoms with Crippen molar-refractivity contribution in [2.24, 2.45) is 0 Å². The number of hydrogen-bond acceptors (Lipinski definition) is 4. The molecular formula is C17H23N3OS. The Hall–Kier alpha value is -1.88. The van der Waals surface area contributed by atoms with Crippen LogP contribution in [0, 0.1) is 6.92 Å². The summed E-state index contributed by atoms with van der Waals surface area (Å²) in [5.74, 6) is 0.0248. The molecule has 0 saturated heterocycles. The highest BCUT2D eigenvalue weighted by Crippen LogP contribution is 2.17. The van der Waals surface area contributed by atoms with E-state index in [1.807, 2.05) is 43.6 Å². The number of carbonyl (C=O) groups is 1. The fourth-order valence-corrected chi connectivity index (χ4v) is 3.02. The zero-order valence-electron chi connectivity index (χ0n) is 13.7. The summed E-state index contributed by atoms with van der Waals surface area (Å²) in [4.78, 5) is 20.8. The number of hydrogen-bond donors (Lipinski definition) is 0. The lowest BCUT2D eigenvalue weighted by Gasteiger charge is -2.21. The maximum absolute atomic E-state index is 12.5. The van der Waals surface area contributed by atoms with Gasteiger partial charge in [-0.15, -0.1) is 11.3 Å². The minimum Gasteiger partial charge on any atom is -0.372 e. The molecule has 0 spiro atoms. The van der Waals surface area contributed by atoms with Gasteiger partial charge in [0, 0.05) is 36.8 Å². The summed E-state index contributed by atoms with van der Waals surface area (Å²) in [5.41, 5.74) is 2.81. The highest BCUT2D eigenvalue weighted by atomic mass is 32.1. The third kappa shape index (κ3) is 3.85. The molecule has 1 heterocycles. The van der Waals surface area contributed by atoms with Crippen molar-refractivity contribution < 1.29 is 4.79 Å². The molecule has 0 fully saturated rings. The van der Waals surface area contributed by atoms with Gasteiger partial charge in [-0.05, 0) is 45.0 Å². The summed E-state index contributed by atoms with van der Waals surface area (Å²) in [7, 11) is 1.81. The lowest BCUT2D eigenvalue weighted by Crippen LogP contribution is -2.26. The van der Waals surface area contributed by atoms with Crippen molar-refractivity contribution >= 4 is 22.9 Å². The van der Waals surface area contributed by atoms with Crippen LogP contribution in [0.15, 0.2) is 29.6 Å². The fourth-order valence-electron chi connectivity index (χ4n) is 2.42. The number of thiazole rings is 1. The van der Waals surface area contributed by atoms with Crippen LogP contribution in [0.25, 0.3) is 0 Å². The highest BCUT2D eigenvalue weighted by Gasteiger charge is 2.13. The van der Waals surface area contributed by atoms with Gasteiger partial charge >= 0.3 is 0 Å². The number of amides is 1. The van der Waals surface area contributed by atoms with E-state index in [0.717, 1.165) is 29.5 Å². The minimum atomic E-state index is 0.0248. The fraction of sp³-hybridized carbons (Fsp3) is 0.412. The molecule has 0 aliphatic heterocycles. The smallest absolute Gasteiger partial charge is 0.253 e. The molecular weight excluding hydrogens is 294 g/mol. The van der Waals surface area contributed by atoms with E-state index in [0.29, 0.717) is 12.1 Å². The molecule has 118 valence electrons. The van der Waals surface area contributed by atoms with E-state index in [1.54, 1.807) is 16.2 Å². The molecule has 0 unspecified atom stereocenters. The molecule has 1 amide bonds. The van der Waals surface area contributed by atoms with E-state index in [9.17, 15) is 4.79 Å². The van der Waals surface area contributed by atoms with Crippen molar-refractivity contribution in [2.75, 3.05) is 25.0 Å². The molecule has 0 atom stereocenters. The van der Waals surface area contributed by atoms with E-state index in [4.69, 9.17) is 0 Å². The summed E-state index contributed by atoms with van der Waals surface area (Å²) in [6.07, 6.45) is 0. The molecule has 0 aliphatic rings. The van der Waals surface area contributed by atoms with Gasteiger partial charge in [-0.1, -0.05) is 0 Å². The average Bonchev–Trinajstić information content (AvgIpc) is 2.93. The molecule has 4 nitrogen and oxygen atoms in total. The first-order valence-electron chi connectivity index (χ1n) is 7.56. The second-order valence-electron chi connectivity index (χ2n) is 5.24. The van der Waals surface area contributed by atoms with Crippen LogP contribution in [0.2, 0.25) is 0 Å². The zero-order valence-corrected chi connectivity index (χ0v) is 14.5. The molecule has 0 radical (unpaired) electrons. The predicted octanol–water partition coefficient (Wildman–Crippen LogP) is 3.57. The first kappa shape index (κ1) is 16.5.